The lowest BCUT2D eigenvalue weighted by atomic mass is 9.78. The zero-order chi connectivity index (χ0) is 17.0. The lowest BCUT2D eigenvalue weighted by molar-refractivity contribution is -0.125. The molecule has 0 radical (unpaired) electrons. The standard InChI is InChI=1S/C17H21F2NO3/c1-10-4-3-5-15(11(10)2)20-16(21)9-23-17(22)13-7-6-12(18)8-14(13)19/h6-8,10-11,15H,3-5,9H2,1-2H3,(H,20,21)/t10-,11+,15+/m0/s1. The highest BCUT2D eigenvalue weighted by Crippen LogP contribution is 2.29. The van der Waals surface area contributed by atoms with Gasteiger partial charge in [0.2, 0.25) is 0 Å². The molecule has 2 rings (SSSR count). The van der Waals surface area contributed by atoms with Crippen LogP contribution >= 0.6 is 0 Å². The van der Waals surface area contributed by atoms with Gasteiger partial charge in [0.1, 0.15) is 11.6 Å². The first-order valence-electron chi connectivity index (χ1n) is 7.80. The Labute approximate surface area is 134 Å². The molecule has 6 heteroatoms. The van der Waals surface area contributed by atoms with Gasteiger partial charge in [-0.2, -0.15) is 0 Å². The van der Waals surface area contributed by atoms with Crippen LogP contribution < -0.4 is 5.32 Å². The Morgan fingerprint density at radius 2 is 2.00 bits per heavy atom. The summed E-state index contributed by atoms with van der Waals surface area (Å²) in [4.78, 5) is 23.6. The topological polar surface area (TPSA) is 55.4 Å². The van der Waals surface area contributed by atoms with Crippen molar-refractivity contribution in [1.82, 2.24) is 5.32 Å². The molecule has 126 valence electrons. The second-order valence-corrected chi connectivity index (χ2v) is 6.14. The first kappa shape index (κ1) is 17.4. The molecule has 0 spiro atoms. The first-order chi connectivity index (χ1) is 10.9. The number of amides is 1. The van der Waals surface area contributed by atoms with Gasteiger partial charge in [-0.3, -0.25) is 4.79 Å². The molecular formula is C17H21F2NO3. The van der Waals surface area contributed by atoms with Crippen molar-refractivity contribution in [3.8, 4) is 0 Å². The molecule has 0 saturated heterocycles. The molecule has 1 aromatic rings. The van der Waals surface area contributed by atoms with Crippen molar-refractivity contribution in [2.45, 2.75) is 39.2 Å². The molecule has 0 bridgehead atoms. The zero-order valence-corrected chi connectivity index (χ0v) is 13.3. The normalized spacial score (nSPS) is 24.1. The van der Waals surface area contributed by atoms with Crippen LogP contribution in [0.2, 0.25) is 0 Å². The summed E-state index contributed by atoms with van der Waals surface area (Å²) in [5.74, 6) is -2.29. The maximum atomic E-state index is 13.5. The average Bonchev–Trinajstić information content (AvgIpc) is 2.49. The molecule has 0 aliphatic heterocycles. The third kappa shape index (κ3) is 4.50. The number of halogens is 2. The molecule has 3 atom stereocenters. The number of rotatable bonds is 4. The largest absolute Gasteiger partial charge is 0.452 e. The zero-order valence-electron chi connectivity index (χ0n) is 13.3. The van der Waals surface area contributed by atoms with Gasteiger partial charge in [-0.25, -0.2) is 13.6 Å². The monoisotopic (exact) mass is 325 g/mol. The van der Waals surface area contributed by atoms with Crippen LogP contribution in [0.1, 0.15) is 43.5 Å². The van der Waals surface area contributed by atoms with E-state index in [1.165, 1.54) is 0 Å². The Kier molecular flexibility index (Phi) is 5.69. The number of esters is 1. The molecule has 0 heterocycles. The summed E-state index contributed by atoms with van der Waals surface area (Å²) in [7, 11) is 0. The Bertz CT molecular complexity index is 591. The second kappa shape index (κ2) is 7.53. The average molecular weight is 325 g/mol. The summed E-state index contributed by atoms with van der Waals surface area (Å²) in [6.07, 6.45) is 3.10. The number of carbonyl (C=O) groups is 2. The second-order valence-electron chi connectivity index (χ2n) is 6.14. The highest BCUT2D eigenvalue weighted by atomic mass is 19.1. The molecule has 1 fully saturated rings. The molecule has 1 aromatic carbocycles. The van der Waals surface area contributed by atoms with Crippen LogP contribution in [0.25, 0.3) is 0 Å². The summed E-state index contributed by atoms with van der Waals surface area (Å²) in [6, 6.07) is 2.62. The highest BCUT2D eigenvalue weighted by Gasteiger charge is 2.28. The summed E-state index contributed by atoms with van der Waals surface area (Å²) in [5.41, 5.74) is -0.390. The molecule has 1 amide bonds. The maximum absolute atomic E-state index is 13.5. The van der Waals surface area contributed by atoms with Gasteiger partial charge < -0.3 is 10.1 Å². The summed E-state index contributed by atoms with van der Waals surface area (Å²) in [6.45, 7) is 3.77. The third-order valence-electron chi connectivity index (χ3n) is 4.54. The van der Waals surface area contributed by atoms with E-state index >= 15 is 0 Å². The van der Waals surface area contributed by atoms with E-state index in [1.54, 1.807) is 0 Å². The van der Waals surface area contributed by atoms with E-state index in [0.717, 1.165) is 31.4 Å². The van der Waals surface area contributed by atoms with Gasteiger partial charge in [0.15, 0.2) is 6.61 Å². The van der Waals surface area contributed by atoms with Crippen LogP contribution in [-0.4, -0.2) is 24.5 Å². The van der Waals surface area contributed by atoms with E-state index in [4.69, 9.17) is 4.74 Å². The van der Waals surface area contributed by atoms with Crippen molar-refractivity contribution in [3.63, 3.8) is 0 Å². The van der Waals surface area contributed by atoms with E-state index in [9.17, 15) is 18.4 Å². The van der Waals surface area contributed by atoms with Gasteiger partial charge in [-0.15, -0.1) is 0 Å². The molecule has 0 unspecified atom stereocenters. The molecular weight excluding hydrogens is 304 g/mol. The van der Waals surface area contributed by atoms with Crippen molar-refractivity contribution in [1.29, 1.82) is 0 Å². The fourth-order valence-corrected chi connectivity index (χ4v) is 2.90. The van der Waals surface area contributed by atoms with Crippen LogP contribution in [0.15, 0.2) is 18.2 Å². The quantitative estimate of drug-likeness (QED) is 0.866. The van der Waals surface area contributed by atoms with Gasteiger partial charge >= 0.3 is 5.97 Å². The van der Waals surface area contributed by atoms with Crippen molar-refractivity contribution in [2.75, 3.05) is 6.61 Å². The first-order valence-corrected chi connectivity index (χ1v) is 7.80. The predicted molar refractivity (Wildman–Crippen MR) is 80.8 cm³/mol. The Morgan fingerprint density at radius 3 is 2.70 bits per heavy atom. The van der Waals surface area contributed by atoms with Crippen LogP contribution in [-0.2, 0) is 9.53 Å². The van der Waals surface area contributed by atoms with Crippen LogP contribution in [0.4, 0.5) is 8.78 Å². The molecule has 0 aromatic heterocycles. The van der Waals surface area contributed by atoms with Gasteiger partial charge in [0.25, 0.3) is 5.91 Å². The fraction of sp³-hybridized carbons (Fsp3) is 0.529. The maximum Gasteiger partial charge on any atom is 0.341 e. The van der Waals surface area contributed by atoms with Gasteiger partial charge in [-0.05, 0) is 30.4 Å². The molecule has 1 aliphatic rings. The lowest BCUT2D eigenvalue weighted by Gasteiger charge is -2.34. The van der Waals surface area contributed by atoms with E-state index in [1.807, 2.05) is 0 Å². The van der Waals surface area contributed by atoms with Crippen molar-refractivity contribution in [2.24, 2.45) is 11.8 Å². The van der Waals surface area contributed by atoms with E-state index in [2.05, 4.69) is 19.2 Å². The molecule has 23 heavy (non-hydrogen) atoms. The smallest absolute Gasteiger partial charge is 0.341 e. The molecule has 1 N–H and O–H groups in total. The lowest BCUT2D eigenvalue weighted by Crippen LogP contribution is -2.45. The van der Waals surface area contributed by atoms with Crippen molar-refractivity contribution < 1.29 is 23.1 Å². The van der Waals surface area contributed by atoms with Crippen LogP contribution in [0.3, 0.4) is 0 Å². The van der Waals surface area contributed by atoms with Gasteiger partial charge in [0.05, 0.1) is 5.56 Å². The summed E-state index contributed by atoms with van der Waals surface area (Å²) in [5, 5.41) is 2.86. The van der Waals surface area contributed by atoms with Gasteiger partial charge in [0, 0.05) is 12.1 Å². The molecule has 1 saturated carbocycles. The number of hydrogen-bond donors (Lipinski definition) is 1. The predicted octanol–water partition coefficient (Wildman–Crippen LogP) is 3.06. The highest BCUT2D eigenvalue weighted by molar-refractivity contribution is 5.91. The fourth-order valence-electron chi connectivity index (χ4n) is 2.90. The van der Waals surface area contributed by atoms with Crippen LogP contribution in [0.5, 0.6) is 0 Å². The number of ether oxygens (including phenoxy) is 1. The Balaban J connectivity index is 1.85. The van der Waals surface area contributed by atoms with E-state index in [0.29, 0.717) is 17.9 Å². The van der Waals surface area contributed by atoms with E-state index in [-0.39, 0.29) is 11.6 Å². The van der Waals surface area contributed by atoms with Crippen molar-refractivity contribution in [3.05, 3.63) is 35.4 Å². The van der Waals surface area contributed by atoms with Crippen molar-refractivity contribution >= 4 is 11.9 Å². The SMILES string of the molecule is C[C@@H]1[C@@H](C)CCC[C@H]1NC(=O)COC(=O)c1ccc(F)cc1F. The number of nitrogens with one attached hydrogen (secondary N) is 1. The molecule has 4 nitrogen and oxygen atoms in total. The number of benzene rings is 1. The third-order valence-corrected chi connectivity index (χ3v) is 4.54. The number of hydrogen-bond acceptors (Lipinski definition) is 3. The van der Waals surface area contributed by atoms with Crippen LogP contribution in [0, 0.1) is 23.5 Å². The minimum atomic E-state index is -1.01. The molecule has 1 aliphatic carbocycles. The number of carbonyl (C=O) groups excluding carboxylic acids is 2. The Hall–Kier alpha value is -1.98. The summed E-state index contributed by atoms with van der Waals surface area (Å²) < 4.78 is 31.0. The summed E-state index contributed by atoms with van der Waals surface area (Å²) >= 11 is 0. The minimum Gasteiger partial charge on any atom is -0.452 e. The minimum absolute atomic E-state index is 0.0625. The Morgan fingerprint density at radius 1 is 1.26 bits per heavy atom. The van der Waals surface area contributed by atoms with E-state index < -0.39 is 30.1 Å². The van der Waals surface area contributed by atoms with Gasteiger partial charge in [-0.1, -0.05) is 26.7 Å².